The Bertz CT molecular complexity index is 321. The van der Waals surface area contributed by atoms with Gasteiger partial charge in [0.05, 0.1) is 0 Å². The molecule has 0 spiro atoms. The summed E-state index contributed by atoms with van der Waals surface area (Å²) in [6.07, 6.45) is 2.64. The lowest BCUT2D eigenvalue weighted by atomic mass is 10.4. The summed E-state index contributed by atoms with van der Waals surface area (Å²) in [6, 6.07) is 0. The smallest absolute Gasteiger partial charge is 0.222 e. The third-order valence-corrected chi connectivity index (χ3v) is 4.31. The fraction of sp³-hybridized carbons (Fsp3) is 0.833. The van der Waals surface area contributed by atoms with Crippen LogP contribution in [0.4, 0.5) is 0 Å². The summed E-state index contributed by atoms with van der Waals surface area (Å²) in [4.78, 5) is 19.9. The Morgan fingerprint density at radius 1 is 1.32 bits per heavy atom. The number of carbonyl (C=O) groups excluding carboxylic acids is 1. The van der Waals surface area contributed by atoms with E-state index in [9.17, 15) is 4.79 Å². The standard InChI is InChI=1S/C12H22N4OS.HI/c13-12(16-7-9-18-10-8-16)14-4-2-6-15-5-1-3-11(15)17;/h1-10H2,(H2,13,14);1H. The van der Waals surface area contributed by atoms with Gasteiger partial charge in [0.15, 0.2) is 5.96 Å². The van der Waals surface area contributed by atoms with Crippen molar-refractivity contribution in [2.75, 3.05) is 44.2 Å². The topological polar surface area (TPSA) is 61.9 Å². The molecule has 2 N–H and O–H groups in total. The first kappa shape index (κ1) is 16.9. The summed E-state index contributed by atoms with van der Waals surface area (Å²) in [5.41, 5.74) is 5.96. The molecule has 0 unspecified atom stereocenters. The summed E-state index contributed by atoms with van der Waals surface area (Å²) in [5, 5.41) is 0. The average molecular weight is 398 g/mol. The van der Waals surface area contributed by atoms with Crippen LogP contribution in [0, 0.1) is 0 Å². The van der Waals surface area contributed by atoms with Crippen molar-refractivity contribution in [1.82, 2.24) is 9.80 Å². The van der Waals surface area contributed by atoms with Gasteiger partial charge in [-0.2, -0.15) is 11.8 Å². The van der Waals surface area contributed by atoms with Gasteiger partial charge in [0.2, 0.25) is 5.91 Å². The molecule has 2 heterocycles. The predicted octanol–water partition coefficient (Wildman–Crippen LogP) is 0.980. The van der Waals surface area contributed by atoms with E-state index in [4.69, 9.17) is 5.73 Å². The first-order valence-corrected chi connectivity index (χ1v) is 7.83. The fourth-order valence-corrected chi connectivity index (χ4v) is 3.19. The van der Waals surface area contributed by atoms with Crippen LogP contribution in [0.5, 0.6) is 0 Å². The van der Waals surface area contributed by atoms with Crippen LogP contribution in [0.2, 0.25) is 0 Å². The van der Waals surface area contributed by atoms with Gasteiger partial charge in [-0.15, -0.1) is 24.0 Å². The first-order valence-electron chi connectivity index (χ1n) is 6.68. The van der Waals surface area contributed by atoms with Crippen molar-refractivity contribution in [1.29, 1.82) is 0 Å². The summed E-state index contributed by atoms with van der Waals surface area (Å²) in [6.45, 7) is 4.47. The number of amides is 1. The van der Waals surface area contributed by atoms with Gasteiger partial charge in [-0.3, -0.25) is 9.79 Å². The second kappa shape index (κ2) is 8.89. The lowest BCUT2D eigenvalue weighted by Gasteiger charge is -2.27. The van der Waals surface area contributed by atoms with Gasteiger partial charge in [0.1, 0.15) is 0 Å². The van der Waals surface area contributed by atoms with Crippen LogP contribution in [-0.4, -0.2) is 65.9 Å². The number of carbonyl (C=O) groups is 1. The lowest BCUT2D eigenvalue weighted by molar-refractivity contribution is -0.127. The molecule has 0 aliphatic carbocycles. The van der Waals surface area contributed by atoms with Gasteiger partial charge in [0.25, 0.3) is 0 Å². The number of thioether (sulfide) groups is 1. The number of aliphatic imine (C=N–C) groups is 1. The number of hydrogen-bond acceptors (Lipinski definition) is 3. The van der Waals surface area contributed by atoms with Crippen molar-refractivity contribution in [3.05, 3.63) is 0 Å². The van der Waals surface area contributed by atoms with E-state index >= 15 is 0 Å². The molecule has 1 amide bonds. The Balaban J connectivity index is 0.00000180. The number of rotatable bonds is 4. The van der Waals surface area contributed by atoms with Crippen LogP contribution in [0.1, 0.15) is 19.3 Å². The predicted molar refractivity (Wildman–Crippen MR) is 91.2 cm³/mol. The third kappa shape index (κ3) is 5.37. The van der Waals surface area contributed by atoms with Gasteiger partial charge in [-0.1, -0.05) is 0 Å². The van der Waals surface area contributed by atoms with E-state index in [1.807, 2.05) is 16.7 Å². The molecule has 0 atom stereocenters. The Hall–Kier alpha value is -0.180. The highest BCUT2D eigenvalue weighted by Crippen LogP contribution is 2.10. The Morgan fingerprint density at radius 2 is 2.05 bits per heavy atom. The van der Waals surface area contributed by atoms with Crippen LogP contribution >= 0.6 is 35.7 Å². The molecule has 2 aliphatic heterocycles. The molecule has 5 nitrogen and oxygen atoms in total. The Morgan fingerprint density at radius 3 is 2.68 bits per heavy atom. The minimum absolute atomic E-state index is 0. The lowest BCUT2D eigenvalue weighted by Crippen LogP contribution is -2.42. The SMILES string of the molecule is I.NC(=NCCCN1CCCC1=O)N1CCSCC1. The Labute approximate surface area is 136 Å². The molecule has 19 heavy (non-hydrogen) atoms. The van der Waals surface area contributed by atoms with E-state index in [1.165, 1.54) is 0 Å². The zero-order chi connectivity index (χ0) is 12.8. The number of halogens is 1. The van der Waals surface area contributed by atoms with Crippen LogP contribution in [0.15, 0.2) is 4.99 Å². The fourth-order valence-electron chi connectivity index (χ4n) is 2.29. The molecule has 2 saturated heterocycles. The summed E-state index contributed by atoms with van der Waals surface area (Å²) in [5.74, 6) is 3.24. The minimum atomic E-state index is 0. The minimum Gasteiger partial charge on any atom is -0.370 e. The molecule has 7 heteroatoms. The molecular weight excluding hydrogens is 375 g/mol. The molecule has 0 bridgehead atoms. The van der Waals surface area contributed by atoms with Crippen LogP contribution in [-0.2, 0) is 4.79 Å². The monoisotopic (exact) mass is 398 g/mol. The molecule has 0 aromatic carbocycles. The average Bonchev–Trinajstić information content (AvgIpc) is 2.81. The van der Waals surface area contributed by atoms with E-state index in [1.54, 1.807) is 0 Å². The molecule has 2 fully saturated rings. The second-order valence-electron chi connectivity index (χ2n) is 4.68. The largest absolute Gasteiger partial charge is 0.370 e. The van der Waals surface area contributed by atoms with Crippen molar-refractivity contribution in [3.63, 3.8) is 0 Å². The van der Waals surface area contributed by atoms with Crippen molar-refractivity contribution >= 4 is 47.6 Å². The second-order valence-corrected chi connectivity index (χ2v) is 5.90. The Kier molecular flexibility index (Phi) is 7.89. The summed E-state index contributed by atoms with van der Waals surface area (Å²) >= 11 is 1.97. The highest BCUT2D eigenvalue weighted by Gasteiger charge is 2.19. The van der Waals surface area contributed by atoms with Crippen molar-refractivity contribution in [2.24, 2.45) is 10.7 Å². The van der Waals surface area contributed by atoms with E-state index in [0.29, 0.717) is 11.9 Å². The normalized spacial score (nSPS) is 20.6. The third-order valence-electron chi connectivity index (χ3n) is 3.37. The van der Waals surface area contributed by atoms with Gasteiger partial charge >= 0.3 is 0 Å². The number of guanidine groups is 1. The maximum atomic E-state index is 11.4. The van der Waals surface area contributed by atoms with Crippen molar-refractivity contribution < 1.29 is 4.79 Å². The summed E-state index contributed by atoms with van der Waals surface area (Å²) < 4.78 is 0. The number of nitrogens with two attached hydrogens (primary N) is 1. The zero-order valence-electron chi connectivity index (χ0n) is 11.2. The highest BCUT2D eigenvalue weighted by molar-refractivity contribution is 14.0. The molecule has 0 radical (unpaired) electrons. The maximum Gasteiger partial charge on any atom is 0.222 e. The van der Waals surface area contributed by atoms with Gasteiger partial charge < -0.3 is 15.5 Å². The van der Waals surface area contributed by atoms with Crippen molar-refractivity contribution in [3.8, 4) is 0 Å². The van der Waals surface area contributed by atoms with Gasteiger partial charge in [-0.25, -0.2) is 0 Å². The van der Waals surface area contributed by atoms with Crippen LogP contribution in [0.3, 0.4) is 0 Å². The number of nitrogens with zero attached hydrogens (tertiary/aromatic N) is 3. The highest BCUT2D eigenvalue weighted by atomic mass is 127. The van der Waals surface area contributed by atoms with E-state index < -0.39 is 0 Å². The van der Waals surface area contributed by atoms with Gasteiger partial charge in [0, 0.05) is 50.7 Å². The molecule has 110 valence electrons. The maximum absolute atomic E-state index is 11.4. The quantitative estimate of drug-likeness (QED) is 0.332. The van der Waals surface area contributed by atoms with Crippen molar-refractivity contribution in [2.45, 2.75) is 19.3 Å². The van der Waals surface area contributed by atoms with E-state index in [0.717, 1.165) is 63.5 Å². The van der Waals surface area contributed by atoms with E-state index in [-0.39, 0.29) is 24.0 Å². The molecule has 2 aliphatic rings. The molecule has 0 aromatic rings. The molecule has 2 rings (SSSR count). The number of hydrogen-bond donors (Lipinski definition) is 1. The van der Waals surface area contributed by atoms with Crippen LogP contribution < -0.4 is 5.73 Å². The van der Waals surface area contributed by atoms with Gasteiger partial charge in [-0.05, 0) is 12.8 Å². The van der Waals surface area contributed by atoms with E-state index in [2.05, 4.69) is 9.89 Å². The molecule has 0 aromatic heterocycles. The first-order chi connectivity index (χ1) is 8.77. The number of likely N-dealkylation sites (tertiary alicyclic amines) is 1. The summed E-state index contributed by atoms with van der Waals surface area (Å²) in [7, 11) is 0. The van der Waals surface area contributed by atoms with Crippen LogP contribution in [0.25, 0.3) is 0 Å². The zero-order valence-corrected chi connectivity index (χ0v) is 14.4. The molecular formula is C12H23IN4OS. The molecule has 0 saturated carbocycles.